The van der Waals surface area contributed by atoms with E-state index in [9.17, 15) is 0 Å². The lowest BCUT2D eigenvalue weighted by molar-refractivity contribution is 0.927. The minimum Gasteiger partial charge on any atom is -0.348 e. The molecular weight excluding hydrogens is 396 g/mol. The number of H-pyrrole nitrogens is 1. The van der Waals surface area contributed by atoms with Gasteiger partial charge in [-0.3, -0.25) is 10.3 Å². The molecule has 0 aliphatic rings. The predicted molar refractivity (Wildman–Crippen MR) is 125 cm³/mol. The molecule has 0 unspecified atom stereocenters. The number of hydrogen-bond acceptors (Lipinski definition) is 5. The van der Waals surface area contributed by atoms with E-state index in [0.717, 1.165) is 40.3 Å². The number of hydrogen-bond donors (Lipinski definition) is 4. The van der Waals surface area contributed by atoms with Crippen LogP contribution in [-0.2, 0) is 6.42 Å². The van der Waals surface area contributed by atoms with E-state index >= 15 is 0 Å². The summed E-state index contributed by atoms with van der Waals surface area (Å²) in [5.41, 5.74) is 5.97. The zero-order chi connectivity index (χ0) is 21.5. The summed E-state index contributed by atoms with van der Waals surface area (Å²) in [4.78, 5) is 20.6. The van der Waals surface area contributed by atoms with E-state index in [2.05, 4.69) is 40.9 Å². The smallest absolute Gasteiger partial charge is 0.229 e. The number of thiocarbonyl (C=S) groups is 1. The second-order valence-electron chi connectivity index (χ2n) is 7.00. The van der Waals surface area contributed by atoms with Crippen molar-refractivity contribution in [1.82, 2.24) is 25.3 Å². The van der Waals surface area contributed by atoms with Gasteiger partial charge in [-0.25, -0.2) is 15.0 Å². The van der Waals surface area contributed by atoms with Crippen molar-refractivity contribution in [3.8, 4) is 0 Å². The lowest BCUT2D eigenvalue weighted by Gasteiger charge is -2.16. The van der Waals surface area contributed by atoms with Gasteiger partial charge in [0.25, 0.3) is 0 Å². The van der Waals surface area contributed by atoms with E-state index in [0.29, 0.717) is 23.6 Å². The zero-order valence-electron chi connectivity index (χ0n) is 17.6. The van der Waals surface area contributed by atoms with Crippen LogP contribution in [0.25, 0.3) is 0 Å². The van der Waals surface area contributed by atoms with Gasteiger partial charge >= 0.3 is 0 Å². The van der Waals surface area contributed by atoms with Gasteiger partial charge in [0, 0.05) is 41.9 Å². The number of aryl methyl sites for hydroxylation is 4. The predicted octanol–water partition coefficient (Wildman–Crippen LogP) is 3.43. The lowest BCUT2D eigenvalue weighted by Crippen LogP contribution is -2.39. The summed E-state index contributed by atoms with van der Waals surface area (Å²) in [5, 5.41) is 9.99. The summed E-state index contributed by atoms with van der Waals surface area (Å²) in [7, 11) is 0. The van der Waals surface area contributed by atoms with Crippen molar-refractivity contribution >= 4 is 34.9 Å². The maximum Gasteiger partial charge on any atom is 0.229 e. The number of guanidine groups is 1. The molecule has 0 saturated heterocycles. The number of imidazole rings is 1. The highest BCUT2D eigenvalue weighted by molar-refractivity contribution is 7.80. The molecule has 0 spiro atoms. The fourth-order valence-corrected chi connectivity index (χ4v) is 3.17. The Bertz CT molecular complexity index is 1000. The van der Waals surface area contributed by atoms with Crippen molar-refractivity contribution in [2.45, 2.75) is 34.1 Å². The third-order valence-electron chi connectivity index (χ3n) is 4.37. The van der Waals surface area contributed by atoms with Crippen molar-refractivity contribution < 1.29 is 0 Å². The summed E-state index contributed by atoms with van der Waals surface area (Å²) in [6, 6.07) is 8.02. The van der Waals surface area contributed by atoms with Crippen LogP contribution in [0.3, 0.4) is 0 Å². The summed E-state index contributed by atoms with van der Waals surface area (Å²) in [6.07, 6.45) is 4.16. The molecule has 30 heavy (non-hydrogen) atoms. The average molecular weight is 423 g/mol. The average Bonchev–Trinajstić information content (AvgIpc) is 3.17. The van der Waals surface area contributed by atoms with Crippen LogP contribution in [0.15, 0.2) is 41.8 Å². The van der Waals surface area contributed by atoms with E-state index in [4.69, 9.17) is 12.2 Å². The largest absolute Gasteiger partial charge is 0.348 e. The van der Waals surface area contributed by atoms with Crippen LogP contribution in [0.5, 0.6) is 0 Å². The first-order valence-corrected chi connectivity index (χ1v) is 10.1. The number of aromatic nitrogens is 4. The first kappa shape index (κ1) is 21.4. The van der Waals surface area contributed by atoms with Gasteiger partial charge in [0.2, 0.25) is 11.9 Å². The molecule has 0 atom stereocenters. The highest BCUT2D eigenvalue weighted by atomic mass is 32.1. The molecule has 2 aromatic heterocycles. The van der Waals surface area contributed by atoms with Crippen molar-refractivity contribution in [2.75, 3.05) is 17.2 Å². The number of nitrogens with one attached hydrogen (secondary N) is 4. The number of benzene rings is 1. The SMILES string of the molecule is Cc1cc(C)nc(NC(=NCCc2cnc[nH]2)NC(=S)Nc2c(C)cccc2C)n1. The Morgan fingerprint density at radius 2 is 1.77 bits per heavy atom. The van der Waals surface area contributed by atoms with E-state index in [-0.39, 0.29) is 0 Å². The molecule has 3 rings (SSSR count). The van der Waals surface area contributed by atoms with Gasteiger partial charge in [-0.05, 0) is 57.1 Å². The molecule has 3 aromatic rings. The summed E-state index contributed by atoms with van der Waals surface area (Å²) < 4.78 is 0. The standard InChI is InChI=1S/C21H26N8S/c1-13-6-5-7-14(2)18(13)27-21(30)29-19(23-9-8-17-11-22-12-24-17)28-20-25-15(3)10-16(4)26-20/h5-7,10-12H,8-9H2,1-4H3,(H,22,24)(H3,23,25,26,27,28,29,30). The van der Waals surface area contributed by atoms with Crippen LogP contribution in [0.2, 0.25) is 0 Å². The monoisotopic (exact) mass is 422 g/mol. The Balaban J connectivity index is 1.74. The third kappa shape index (κ3) is 6.08. The highest BCUT2D eigenvalue weighted by Gasteiger charge is 2.09. The molecule has 4 N–H and O–H groups in total. The maximum absolute atomic E-state index is 5.53. The van der Waals surface area contributed by atoms with Crippen LogP contribution in [0.4, 0.5) is 11.6 Å². The molecule has 0 fully saturated rings. The van der Waals surface area contributed by atoms with Crippen LogP contribution in [0, 0.1) is 27.7 Å². The minimum absolute atomic E-state index is 0.435. The van der Waals surface area contributed by atoms with Crippen molar-refractivity contribution in [3.63, 3.8) is 0 Å². The molecule has 156 valence electrons. The molecule has 0 aliphatic heterocycles. The van der Waals surface area contributed by atoms with E-state index in [1.165, 1.54) is 0 Å². The van der Waals surface area contributed by atoms with E-state index in [1.807, 2.05) is 52.0 Å². The number of aliphatic imine (C=N–C) groups is 1. The number of anilines is 2. The van der Waals surface area contributed by atoms with Crippen molar-refractivity contribution in [1.29, 1.82) is 0 Å². The molecule has 0 bridgehead atoms. The van der Waals surface area contributed by atoms with Crippen molar-refractivity contribution in [3.05, 3.63) is 65.0 Å². The van der Waals surface area contributed by atoms with Gasteiger partial charge in [0.05, 0.1) is 6.33 Å². The number of para-hydroxylation sites is 1. The van der Waals surface area contributed by atoms with Gasteiger partial charge in [-0.1, -0.05) is 18.2 Å². The molecular formula is C21H26N8S. The molecule has 0 radical (unpaired) electrons. The Kier molecular flexibility index (Phi) is 7.08. The van der Waals surface area contributed by atoms with E-state index in [1.54, 1.807) is 12.5 Å². The minimum atomic E-state index is 0.435. The molecule has 0 amide bonds. The second kappa shape index (κ2) is 9.93. The van der Waals surface area contributed by atoms with Gasteiger partial charge in [-0.2, -0.15) is 0 Å². The molecule has 2 heterocycles. The summed E-state index contributed by atoms with van der Waals surface area (Å²) >= 11 is 5.53. The molecule has 0 saturated carbocycles. The first-order chi connectivity index (χ1) is 14.4. The van der Waals surface area contributed by atoms with E-state index < -0.39 is 0 Å². The Morgan fingerprint density at radius 1 is 1.07 bits per heavy atom. The topological polar surface area (TPSA) is 103 Å². The fourth-order valence-electron chi connectivity index (χ4n) is 2.97. The zero-order valence-corrected chi connectivity index (χ0v) is 18.4. The maximum atomic E-state index is 5.53. The summed E-state index contributed by atoms with van der Waals surface area (Å²) in [6.45, 7) is 8.47. The molecule has 9 heteroatoms. The second-order valence-corrected chi connectivity index (χ2v) is 7.41. The molecule has 1 aromatic carbocycles. The fraction of sp³-hybridized carbons (Fsp3) is 0.286. The quantitative estimate of drug-likeness (QED) is 0.284. The van der Waals surface area contributed by atoms with Gasteiger partial charge in [0.15, 0.2) is 5.11 Å². The Hall–Kier alpha value is -3.33. The summed E-state index contributed by atoms with van der Waals surface area (Å²) in [5.74, 6) is 0.943. The van der Waals surface area contributed by atoms with Gasteiger partial charge in [-0.15, -0.1) is 0 Å². The Labute approximate surface area is 181 Å². The van der Waals surface area contributed by atoms with Crippen LogP contribution < -0.4 is 16.0 Å². The van der Waals surface area contributed by atoms with Crippen LogP contribution in [-0.4, -0.2) is 37.6 Å². The first-order valence-electron chi connectivity index (χ1n) is 9.66. The van der Waals surface area contributed by atoms with Crippen LogP contribution >= 0.6 is 12.2 Å². The number of nitrogens with zero attached hydrogens (tertiary/aromatic N) is 4. The third-order valence-corrected chi connectivity index (χ3v) is 4.57. The Morgan fingerprint density at radius 3 is 2.40 bits per heavy atom. The van der Waals surface area contributed by atoms with Crippen molar-refractivity contribution in [2.24, 2.45) is 4.99 Å². The normalized spacial score (nSPS) is 11.3. The number of aromatic amines is 1. The number of rotatable bonds is 5. The highest BCUT2D eigenvalue weighted by Crippen LogP contribution is 2.19. The van der Waals surface area contributed by atoms with Gasteiger partial charge < -0.3 is 15.6 Å². The lowest BCUT2D eigenvalue weighted by atomic mass is 10.1. The van der Waals surface area contributed by atoms with Gasteiger partial charge in [0.1, 0.15) is 0 Å². The molecule has 0 aliphatic carbocycles. The molecule has 8 nitrogen and oxygen atoms in total. The van der Waals surface area contributed by atoms with Crippen LogP contribution in [0.1, 0.15) is 28.2 Å².